The molecule has 102 valence electrons. The van der Waals surface area contributed by atoms with Crippen molar-refractivity contribution in [3.05, 3.63) is 47.2 Å². The molecule has 2 heterocycles. The van der Waals surface area contributed by atoms with Gasteiger partial charge in [-0.2, -0.15) is 0 Å². The molecule has 0 radical (unpaired) electrons. The predicted molar refractivity (Wildman–Crippen MR) is 75.9 cm³/mol. The number of imidazole rings is 1. The second-order valence-electron chi connectivity index (χ2n) is 4.25. The number of esters is 1. The fourth-order valence-electron chi connectivity index (χ4n) is 1.96. The minimum absolute atomic E-state index is 0.292. The van der Waals surface area contributed by atoms with E-state index in [9.17, 15) is 4.79 Å². The number of aromatic nitrogens is 3. The molecular weight excluding hydrogens is 278 g/mol. The molecule has 6 heteroatoms. The van der Waals surface area contributed by atoms with E-state index in [0.717, 1.165) is 11.3 Å². The first kappa shape index (κ1) is 12.7. The van der Waals surface area contributed by atoms with Crippen LogP contribution in [-0.4, -0.2) is 27.2 Å². The van der Waals surface area contributed by atoms with Gasteiger partial charge in [-0.3, -0.25) is 5.10 Å². The highest BCUT2D eigenvalue weighted by molar-refractivity contribution is 6.30. The molecule has 2 aromatic heterocycles. The SMILES string of the molecule is CCOC(=O)c1cn2[nH]c(-c3ccc(Cl)cc3)cc2n1. The van der Waals surface area contributed by atoms with Gasteiger partial charge in [0, 0.05) is 11.1 Å². The maximum absolute atomic E-state index is 11.6. The zero-order valence-electron chi connectivity index (χ0n) is 10.8. The van der Waals surface area contributed by atoms with E-state index in [2.05, 4.69) is 10.1 Å². The normalized spacial score (nSPS) is 10.9. The molecule has 1 aromatic carbocycles. The Kier molecular flexibility index (Phi) is 3.20. The smallest absolute Gasteiger partial charge is 0.358 e. The van der Waals surface area contributed by atoms with Gasteiger partial charge in [0.25, 0.3) is 0 Å². The van der Waals surface area contributed by atoms with Gasteiger partial charge >= 0.3 is 5.97 Å². The van der Waals surface area contributed by atoms with E-state index in [1.807, 2.05) is 30.3 Å². The Morgan fingerprint density at radius 2 is 2.15 bits per heavy atom. The molecule has 0 saturated heterocycles. The number of hydrogen-bond acceptors (Lipinski definition) is 3. The molecule has 0 atom stereocenters. The average molecular weight is 290 g/mol. The Hall–Kier alpha value is -2.27. The molecule has 20 heavy (non-hydrogen) atoms. The lowest BCUT2D eigenvalue weighted by molar-refractivity contribution is 0.0520. The fourth-order valence-corrected chi connectivity index (χ4v) is 2.08. The van der Waals surface area contributed by atoms with Crippen molar-refractivity contribution in [1.29, 1.82) is 0 Å². The number of nitrogens with zero attached hydrogens (tertiary/aromatic N) is 2. The van der Waals surface area contributed by atoms with Crippen LogP contribution in [-0.2, 0) is 4.74 Å². The zero-order chi connectivity index (χ0) is 14.1. The second-order valence-corrected chi connectivity index (χ2v) is 4.69. The lowest BCUT2D eigenvalue weighted by Crippen LogP contribution is -2.04. The number of rotatable bonds is 3. The zero-order valence-corrected chi connectivity index (χ0v) is 11.5. The molecule has 0 fully saturated rings. The summed E-state index contributed by atoms with van der Waals surface area (Å²) < 4.78 is 6.60. The van der Waals surface area contributed by atoms with Crippen molar-refractivity contribution in [3.63, 3.8) is 0 Å². The van der Waals surface area contributed by atoms with Crippen LogP contribution >= 0.6 is 11.6 Å². The number of carbonyl (C=O) groups excluding carboxylic acids is 1. The van der Waals surface area contributed by atoms with Crippen molar-refractivity contribution < 1.29 is 9.53 Å². The van der Waals surface area contributed by atoms with Gasteiger partial charge in [-0.1, -0.05) is 23.7 Å². The number of fused-ring (bicyclic) bond motifs is 1. The van der Waals surface area contributed by atoms with Crippen molar-refractivity contribution in [2.24, 2.45) is 0 Å². The van der Waals surface area contributed by atoms with Crippen LogP contribution < -0.4 is 0 Å². The molecule has 0 aliphatic rings. The van der Waals surface area contributed by atoms with E-state index in [1.54, 1.807) is 17.6 Å². The number of aromatic amines is 1. The Morgan fingerprint density at radius 1 is 1.40 bits per heavy atom. The van der Waals surface area contributed by atoms with Crippen molar-refractivity contribution in [3.8, 4) is 11.3 Å². The summed E-state index contributed by atoms with van der Waals surface area (Å²) in [6.07, 6.45) is 1.62. The van der Waals surface area contributed by atoms with E-state index in [1.165, 1.54) is 0 Å². The minimum Gasteiger partial charge on any atom is -0.461 e. The largest absolute Gasteiger partial charge is 0.461 e. The first-order valence-corrected chi connectivity index (χ1v) is 6.56. The standard InChI is InChI=1S/C14H12ClN3O2/c1-2-20-14(19)12-8-18-13(16-12)7-11(17-18)9-3-5-10(15)6-4-9/h3-8,17H,2H2,1H3. The minimum atomic E-state index is -0.419. The Morgan fingerprint density at radius 3 is 2.80 bits per heavy atom. The molecule has 0 spiro atoms. The molecule has 0 amide bonds. The molecule has 5 nitrogen and oxygen atoms in total. The summed E-state index contributed by atoms with van der Waals surface area (Å²) in [7, 11) is 0. The fraction of sp³-hybridized carbons (Fsp3) is 0.143. The highest BCUT2D eigenvalue weighted by Crippen LogP contribution is 2.21. The monoisotopic (exact) mass is 289 g/mol. The topological polar surface area (TPSA) is 59.4 Å². The number of ether oxygens (including phenoxy) is 1. The number of H-pyrrole nitrogens is 1. The predicted octanol–water partition coefficient (Wildman–Crippen LogP) is 3.16. The van der Waals surface area contributed by atoms with E-state index < -0.39 is 5.97 Å². The van der Waals surface area contributed by atoms with Crippen LogP contribution in [0.3, 0.4) is 0 Å². The first-order valence-electron chi connectivity index (χ1n) is 6.18. The van der Waals surface area contributed by atoms with Crippen molar-refractivity contribution in [2.75, 3.05) is 6.61 Å². The van der Waals surface area contributed by atoms with Gasteiger partial charge in [0.05, 0.1) is 18.5 Å². The lowest BCUT2D eigenvalue weighted by atomic mass is 10.2. The van der Waals surface area contributed by atoms with Gasteiger partial charge < -0.3 is 4.74 Å². The number of nitrogens with one attached hydrogen (secondary N) is 1. The molecule has 0 aliphatic heterocycles. The maximum Gasteiger partial charge on any atom is 0.358 e. The van der Waals surface area contributed by atoms with Crippen molar-refractivity contribution in [2.45, 2.75) is 6.92 Å². The third-order valence-corrected chi connectivity index (χ3v) is 3.14. The number of carbonyl (C=O) groups is 1. The number of halogens is 1. The molecule has 3 rings (SSSR count). The van der Waals surface area contributed by atoms with Gasteiger partial charge in [-0.15, -0.1) is 0 Å². The van der Waals surface area contributed by atoms with E-state index >= 15 is 0 Å². The van der Waals surface area contributed by atoms with Crippen LogP contribution in [0.5, 0.6) is 0 Å². The van der Waals surface area contributed by atoms with Crippen LogP contribution in [0.4, 0.5) is 0 Å². The van der Waals surface area contributed by atoms with Gasteiger partial charge in [-0.05, 0) is 24.6 Å². The van der Waals surface area contributed by atoms with E-state index in [4.69, 9.17) is 16.3 Å². The summed E-state index contributed by atoms with van der Waals surface area (Å²) in [4.78, 5) is 15.8. The highest BCUT2D eigenvalue weighted by atomic mass is 35.5. The Bertz CT molecular complexity index is 727. The average Bonchev–Trinajstić information content (AvgIpc) is 2.98. The van der Waals surface area contributed by atoms with Gasteiger partial charge in [-0.25, -0.2) is 14.3 Å². The van der Waals surface area contributed by atoms with Gasteiger partial charge in [0.1, 0.15) is 0 Å². The third-order valence-electron chi connectivity index (χ3n) is 2.89. The Labute approximate surface area is 120 Å². The summed E-state index contributed by atoms with van der Waals surface area (Å²) in [6.45, 7) is 2.10. The van der Waals surface area contributed by atoms with Crippen molar-refractivity contribution in [1.82, 2.24) is 14.6 Å². The number of benzene rings is 1. The van der Waals surface area contributed by atoms with E-state index in [0.29, 0.717) is 23.0 Å². The van der Waals surface area contributed by atoms with E-state index in [-0.39, 0.29) is 0 Å². The molecule has 0 bridgehead atoms. The van der Waals surface area contributed by atoms with Gasteiger partial charge in [0.2, 0.25) is 0 Å². The van der Waals surface area contributed by atoms with Gasteiger partial charge in [0.15, 0.2) is 11.3 Å². The summed E-state index contributed by atoms with van der Waals surface area (Å²) in [5.41, 5.74) is 2.86. The molecule has 1 N–H and O–H groups in total. The van der Waals surface area contributed by atoms with Crippen LogP contribution in [0.15, 0.2) is 36.5 Å². The summed E-state index contributed by atoms with van der Waals surface area (Å²) in [5.74, 6) is -0.419. The lowest BCUT2D eigenvalue weighted by Gasteiger charge is -1.97. The summed E-state index contributed by atoms with van der Waals surface area (Å²) in [6, 6.07) is 9.35. The highest BCUT2D eigenvalue weighted by Gasteiger charge is 2.13. The maximum atomic E-state index is 11.6. The second kappa shape index (κ2) is 5.02. The summed E-state index contributed by atoms with van der Waals surface area (Å²) in [5, 5.41) is 3.84. The van der Waals surface area contributed by atoms with Crippen LogP contribution in [0.2, 0.25) is 5.02 Å². The first-order chi connectivity index (χ1) is 9.67. The Balaban J connectivity index is 1.94. The molecule has 0 aliphatic carbocycles. The molecular formula is C14H12ClN3O2. The molecule has 3 aromatic rings. The molecule has 0 saturated carbocycles. The van der Waals surface area contributed by atoms with Crippen LogP contribution in [0, 0.1) is 0 Å². The molecule has 0 unspecified atom stereocenters. The third kappa shape index (κ3) is 2.28. The summed E-state index contributed by atoms with van der Waals surface area (Å²) >= 11 is 5.86. The number of hydrogen-bond donors (Lipinski definition) is 1. The van der Waals surface area contributed by atoms with Crippen LogP contribution in [0.25, 0.3) is 16.9 Å². The quantitative estimate of drug-likeness (QED) is 0.754. The van der Waals surface area contributed by atoms with Crippen molar-refractivity contribution >= 4 is 23.2 Å². The van der Waals surface area contributed by atoms with Crippen LogP contribution in [0.1, 0.15) is 17.4 Å².